The highest BCUT2D eigenvalue weighted by Crippen LogP contribution is 2.26. The number of anilines is 2. The Kier molecular flexibility index (Phi) is 7.38. The average molecular weight is 490 g/mol. The Morgan fingerprint density at radius 2 is 1.56 bits per heavy atom. The van der Waals surface area contributed by atoms with Crippen LogP contribution in [0, 0.1) is 0 Å². The molecule has 1 fully saturated rings. The molecule has 2 N–H and O–H groups in total. The van der Waals surface area contributed by atoms with Crippen LogP contribution in [-0.2, 0) is 4.74 Å². The molecule has 0 atom stereocenters. The molecule has 2 aromatic heterocycles. The number of nitrogens with zero attached hydrogens (tertiary/aromatic N) is 3. The van der Waals surface area contributed by atoms with Crippen LogP contribution in [0.2, 0.25) is 0 Å². The van der Waals surface area contributed by atoms with Crippen LogP contribution in [-0.4, -0.2) is 51.0 Å². The van der Waals surface area contributed by atoms with Crippen LogP contribution in [0.1, 0.15) is 60.5 Å². The lowest BCUT2D eigenvalue weighted by Gasteiger charge is -2.34. The van der Waals surface area contributed by atoms with Gasteiger partial charge in [-0.05, 0) is 76.1 Å². The summed E-state index contributed by atoms with van der Waals surface area (Å²) >= 11 is 0. The topological polar surface area (TPSA) is 106 Å². The zero-order valence-corrected chi connectivity index (χ0v) is 20.7. The summed E-state index contributed by atoms with van der Waals surface area (Å²) < 4.78 is 7.45. The zero-order chi connectivity index (χ0) is 25.7. The number of benzene rings is 1. The van der Waals surface area contributed by atoms with E-state index in [1.807, 2.05) is 37.6 Å². The minimum atomic E-state index is -0.529. The lowest BCUT2D eigenvalue weighted by molar-refractivity contribution is 0.0187. The molecule has 9 heteroatoms. The Morgan fingerprint density at radius 3 is 2.19 bits per heavy atom. The fraction of sp³-hybridized carbons (Fsp3) is 0.333. The molecule has 3 amide bonds. The summed E-state index contributed by atoms with van der Waals surface area (Å²) in [4.78, 5) is 43.5. The van der Waals surface area contributed by atoms with E-state index in [0.29, 0.717) is 35.7 Å². The summed E-state index contributed by atoms with van der Waals surface area (Å²) in [7, 11) is 0. The van der Waals surface area contributed by atoms with Gasteiger partial charge in [0.25, 0.3) is 11.8 Å². The SMILES string of the molecule is CC(C)(C)OC(=O)N1CCC(n2cccc2C(=O)Nc2cccc(NC(=O)c3ccncc3)c2)CC1. The van der Waals surface area contributed by atoms with E-state index < -0.39 is 5.60 Å². The highest BCUT2D eigenvalue weighted by Gasteiger charge is 2.28. The van der Waals surface area contributed by atoms with Crippen molar-refractivity contribution in [2.24, 2.45) is 0 Å². The maximum Gasteiger partial charge on any atom is 0.410 e. The minimum absolute atomic E-state index is 0.102. The van der Waals surface area contributed by atoms with Crippen molar-refractivity contribution in [3.63, 3.8) is 0 Å². The number of pyridine rings is 1. The first-order chi connectivity index (χ1) is 17.2. The van der Waals surface area contributed by atoms with Crippen LogP contribution >= 0.6 is 0 Å². The summed E-state index contributed by atoms with van der Waals surface area (Å²) in [6.07, 6.45) is 6.16. The number of amides is 3. The third kappa shape index (κ3) is 6.29. The maximum absolute atomic E-state index is 13.1. The standard InChI is InChI=1S/C27H31N5O4/c1-27(2,3)36-26(35)31-16-11-22(12-17-31)32-15-5-8-23(32)25(34)30-21-7-4-6-20(18-21)29-24(33)19-9-13-28-14-10-19/h4-10,13-15,18,22H,11-12,16-17H2,1-3H3,(H,29,33)(H,30,34). The lowest BCUT2D eigenvalue weighted by Crippen LogP contribution is -2.42. The first kappa shape index (κ1) is 25.0. The molecule has 1 aliphatic heterocycles. The summed E-state index contributed by atoms with van der Waals surface area (Å²) in [5.74, 6) is -0.500. The summed E-state index contributed by atoms with van der Waals surface area (Å²) in [5.41, 5.74) is 1.64. The third-order valence-electron chi connectivity index (χ3n) is 5.84. The van der Waals surface area contributed by atoms with Crippen molar-refractivity contribution in [3.8, 4) is 0 Å². The lowest BCUT2D eigenvalue weighted by atomic mass is 10.0. The quantitative estimate of drug-likeness (QED) is 0.527. The summed E-state index contributed by atoms with van der Waals surface area (Å²) in [6.45, 7) is 6.70. The second-order valence-corrected chi connectivity index (χ2v) is 9.72. The maximum atomic E-state index is 13.1. The normalized spacial score (nSPS) is 14.2. The van der Waals surface area contributed by atoms with Crippen LogP contribution in [0.25, 0.3) is 0 Å². The number of hydrogen-bond donors (Lipinski definition) is 2. The smallest absolute Gasteiger partial charge is 0.410 e. The van der Waals surface area contributed by atoms with Gasteiger partial charge in [0.05, 0.1) is 0 Å². The van der Waals surface area contributed by atoms with E-state index >= 15 is 0 Å². The van der Waals surface area contributed by atoms with Crippen molar-refractivity contribution >= 4 is 29.3 Å². The molecule has 1 saturated heterocycles. The number of piperidine rings is 1. The fourth-order valence-corrected chi connectivity index (χ4v) is 4.13. The molecule has 0 aliphatic carbocycles. The Labute approximate surface area is 210 Å². The van der Waals surface area contributed by atoms with Gasteiger partial charge in [-0.2, -0.15) is 0 Å². The van der Waals surface area contributed by atoms with Crippen LogP contribution in [0.5, 0.6) is 0 Å². The molecule has 1 aromatic carbocycles. The predicted octanol–water partition coefficient (Wildman–Crippen LogP) is 4.96. The van der Waals surface area contributed by atoms with Gasteiger partial charge in [-0.25, -0.2) is 4.79 Å². The number of nitrogens with one attached hydrogen (secondary N) is 2. The molecule has 0 bridgehead atoms. The van der Waals surface area contributed by atoms with Crippen LogP contribution in [0.3, 0.4) is 0 Å². The number of hydrogen-bond acceptors (Lipinski definition) is 5. The van der Waals surface area contributed by atoms with E-state index in [2.05, 4.69) is 15.6 Å². The van der Waals surface area contributed by atoms with Gasteiger partial charge in [0.1, 0.15) is 11.3 Å². The van der Waals surface area contributed by atoms with Crippen molar-refractivity contribution in [2.45, 2.75) is 45.3 Å². The Hall–Kier alpha value is -4.14. The molecular formula is C27H31N5O4. The Bertz CT molecular complexity index is 1220. The second kappa shape index (κ2) is 10.6. The summed E-state index contributed by atoms with van der Waals surface area (Å²) in [5, 5.41) is 5.76. The predicted molar refractivity (Wildman–Crippen MR) is 137 cm³/mol. The average Bonchev–Trinajstić information content (AvgIpc) is 3.34. The molecule has 0 spiro atoms. The Morgan fingerprint density at radius 1 is 0.917 bits per heavy atom. The highest BCUT2D eigenvalue weighted by molar-refractivity contribution is 6.06. The number of likely N-dealkylation sites (tertiary alicyclic amines) is 1. The van der Waals surface area contributed by atoms with E-state index in [0.717, 1.165) is 12.8 Å². The van der Waals surface area contributed by atoms with Crippen LogP contribution in [0.15, 0.2) is 67.1 Å². The van der Waals surface area contributed by atoms with Gasteiger partial charge >= 0.3 is 6.09 Å². The molecule has 36 heavy (non-hydrogen) atoms. The Balaban J connectivity index is 1.37. The van der Waals surface area contributed by atoms with Gasteiger partial charge in [0, 0.05) is 54.7 Å². The van der Waals surface area contributed by atoms with Crippen LogP contribution in [0.4, 0.5) is 16.2 Å². The molecule has 4 rings (SSSR count). The van der Waals surface area contributed by atoms with E-state index in [1.165, 1.54) is 0 Å². The van der Waals surface area contributed by atoms with Crippen molar-refractivity contribution in [1.29, 1.82) is 0 Å². The van der Waals surface area contributed by atoms with Gasteiger partial charge in [-0.15, -0.1) is 0 Å². The van der Waals surface area contributed by atoms with Gasteiger partial charge in [0.2, 0.25) is 0 Å². The second-order valence-electron chi connectivity index (χ2n) is 9.72. The zero-order valence-electron chi connectivity index (χ0n) is 20.7. The van der Waals surface area contributed by atoms with Crippen molar-refractivity contribution < 1.29 is 19.1 Å². The molecule has 1 aliphatic rings. The minimum Gasteiger partial charge on any atom is -0.444 e. The molecule has 3 aromatic rings. The molecule has 0 radical (unpaired) electrons. The number of aromatic nitrogens is 2. The van der Waals surface area contributed by atoms with Crippen molar-refractivity contribution in [3.05, 3.63) is 78.4 Å². The van der Waals surface area contributed by atoms with Gasteiger partial charge in [-0.1, -0.05) is 6.07 Å². The first-order valence-corrected chi connectivity index (χ1v) is 12.0. The van der Waals surface area contributed by atoms with Crippen LogP contribution < -0.4 is 10.6 Å². The van der Waals surface area contributed by atoms with Gasteiger partial charge in [0.15, 0.2) is 0 Å². The first-order valence-electron chi connectivity index (χ1n) is 12.0. The van der Waals surface area contributed by atoms with E-state index in [9.17, 15) is 14.4 Å². The summed E-state index contributed by atoms with van der Waals surface area (Å²) in [6, 6.07) is 14.0. The van der Waals surface area contributed by atoms with Gasteiger partial charge in [-0.3, -0.25) is 14.6 Å². The molecule has 9 nitrogen and oxygen atoms in total. The number of carbonyl (C=O) groups is 3. The number of carbonyl (C=O) groups excluding carboxylic acids is 3. The van der Waals surface area contributed by atoms with Crippen molar-refractivity contribution in [1.82, 2.24) is 14.5 Å². The van der Waals surface area contributed by atoms with E-state index in [4.69, 9.17) is 4.74 Å². The number of ether oxygens (including phenoxy) is 1. The molecule has 3 heterocycles. The largest absolute Gasteiger partial charge is 0.444 e. The number of rotatable bonds is 5. The molecular weight excluding hydrogens is 458 g/mol. The van der Waals surface area contributed by atoms with E-state index in [-0.39, 0.29) is 23.9 Å². The van der Waals surface area contributed by atoms with E-state index in [1.54, 1.807) is 59.8 Å². The molecule has 0 unspecified atom stereocenters. The van der Waals surface area contributed by atoms with Crippen molar-refractivity contribution in [2.75, 3.05) is 23.7 Å². The molecule has 188 valence electrons. The highest BCUT2D eigenvalue weighted by atomic mass is 16.6. The van der Waals surface area contributed by atoms with Gasteiger partial charge < -0.3 is 24.8 Å². The fourth-order valence-electron chi connectivity index (χ4n) is 4.13. The monoisotopic (exact) mass is 489 g/mol. The molecule has 0 saturated carbocycles. The third-order valence-corrected chi connectivity index (χ3v) is 5.84.